The molecule has 0 saturated carbocycles. The molecule has 3 aromatic heterocycles. The zero-order valence-corrected chi connectivity index (χ0v) is 29.3. The first kappa shape index (κ1) is 33.5. The molecule has 1 aromatic carbocycles. The Kier molecular flexibility index (Phi) is 9.03. The molecule has 4 aromatic rings. The zero-order valence-electron chi connectivity index (χ0n) is 29.3. The van der Waals surface area contributed by atoms with Crippen LogP contribution in [0.4, 0.5) is 0 Å². The van der Waals surface area contributed by atoms with Gasteiger partial charge in [0.2, 0.25) is 0 Å². The average Bonchev–Trinajstić information content (AvgIpc) is 3.74. The minimum atomic E-state index is -0.285. The van der Waals surface area contributed by atoms with Gasteiger partial charge in [-0.3, -0.25) is 9.59 Å². The average molecular weight is 659 g/mol. The van der Waals surface area contributed by atoms with E-state index in [1.165, 1.54) is 14.2 Å². The summed E-state index contributed by atoms with van der Waals surface area (Å²) in [6.45, 7) is 12.5. The van der Waals surface area contributed by atoms with Crippen LogP contribution in [0.1, 0.15) is 85.1 Å². The van der Waals surface area contributed by atoms with Gasteiger partial charge in [0.15, 0.2) is 0 Å². The molecule has 0 radical (unpaired) electrons. The molecule has 0 unspecified atom stereocenters. The predicted octanol–water partition coefficient (Wildman–Crippen LogP) is 8.55. The molecule has 0 saturated heterocycles. The van der Waals surface area contributed by atoms with Crippen LogP contribution in [0.15, 0.2) is 42.5 Å². The van der Waals surface area contributed by atoms with Crippen molar-refractivity contribution in [1.29, 1.82) is 0 Å². The van der Waals surface area contributed by atoms with E-state index < -0.39 is 0 Å². The first-order chi connectivity index (χ1) is 23.4. The number of nitrogens with one attached hydrogen (secondary N) is 2. The smallest absolute Gasteiger partial charge is 0.305 e. The highest BCUT2D eigenvalue weighted by Gasteiger charge is 2.23. The van der Waals surface area contributed by atoms with Gasteiger partial charge in [0, 0.05) is 35.0 Å². The van der Waals surface area contributed by atoms with Crippen molar-refractivity contribution in [3.8, 4) is 16.9 Å². The lowest BCUT2D eigenvalue weighted by Gasteiger charge is -2.08. The van der Waals surface area contributed by atoms with Crippen LogP contribution in [-0.4, -0.2) is 51.2 Å². The van der Waals surface area contributed by atoms with Crippen molar-refractivity contribution in [3.63, 3.8) is 0 Å². The first-order valence-corrected chi connectivity index (χ1v) is 16.5. The highest BCUT2D eigenvalue weighted by Crippen LogP contribution is 2.40. The van der Waals surface area contributed by atoms with Crippen molar-refractivity contribution in [3.05, 3.63) is 87.5 Å². The minimum absolute atomic E-state index is 0.192. The fourth-order valence-corrected chi connectivity index (χ4v) is 6.72. The minimum Gasteiger partial charge on any atom is -0.508 e. The van der Waals surface area contributed by atoms with Gasteiger partial charge in [0.1, 0.15) is 5.75 Å². The van der Waals surface area contributed by atoms with Crippen LogP contribution in [0.25, 0.3) is 55.5 Å². The Labute approximate surface area is 285 Å². The quantitative estimate of drug-likeness (QED) is 0.170. The number of esters is 2. The number of phenolic OH excluding ortho intramolecular Hbond substituents is 1. The fourth-order valence-electron chi connectivity index (χ4n) is 6.72. The number of aryl methyl sites for hydroxylation is 4. The molecule has 0 amide bonds. The second-order valence-corrected chi connectivity index (χ2v) is 12.8. The largest absolute Gasteiger partial charge is 0.508 e. The zero-order chi connectivity index (χ0) is 35.1. The maximum Gasteiger partial charge on any atom is 0.305 e. The molecule has 9 heteroatoms. The molecule has 2 aliphatic heterocycles. The number of nitrogens with zero attached hydrogens (tertiary/aromatic N) is 2. The summed E-state index contributed by atoms with van der Waals surface area (Å²) < 4.78 is 9.95. The predicted molar refractivity (Wildman–Crippen MR) is 195 cm³/mol. The van der Waals surface area contributed by atoms with Crippen LogP contribution < -0.4 is 0 Å². The summed E-state index contributed by atoms with van der Waals surface area (Å²) in [5.41, 5.74) is 16.9. The lowest BCUT2D eigenvalue weighted by molar-refractivity contribution is -0.141. The van der Waals surface area contributed by atoms with Crippen molar-refractivity contribution < 1.29 is 24.2 Å². The molecule has 5 heterocycles. The Bertz CT molecular complexity index is 2250. The highest BCUT2D eigenvalue weighted by molar-refractivity contribution is 6.01. The van der Waals surface area contributed by atoms with Gasteiger partial charge in [0.25, 0.3) is 0 Å². The highest BCUT2D eigenvalue weighted by atomic mass is 16.5. The number of aromatic amines is 2. The molecule has 0 atom stereocenters. The number of carbonyl (C=O) groups is 2. The Morgan fingerprint density at radius 1 is 0.673 bits per heavy atom. The summed E-state index contributed by atoms with van der Waals surface area (Å²) in [5, 5.41) is 10.2. The standard InChI is InChI=1S/C40H42N4O5/c1-20-22(3)39-38(26-9-11-27(45)12-10-26)40-23(4)21(2)31(44-40)18-33-25(6)29(14-16-37(47)49-8)35(42-33)19-34-28(13-15-36(46)48-7)24(5)32(41-34)17-30(20)43-39/h9-12,17-19,41,44-45H,13-16H2,1-8H3. The third-order valence-electron chi connectivity index (χ3n) is 10.1. The van der Waals surface area contributed by atoms with E-state index in [4.69, 9.17) is 19.4 Å². The summed E-state index contributed by atoms with van der Waals surface area (Å²) >= 11 is 0. The normalized spacial score (nSPS) is 12.9. The number of benzene rings is 1. The van der Waals surface area contributed by atoms with Crippen LogP contribution in [0.2, 0.25) is 0 Å². The lowest BCUT2D eigenvalue weighted by atomic mass is 9.97. The third-order valence-corrected chi connectivity index (χ3v) is 10.1. The third kappa shape index (κ3) is 6.17. The van der Waals surface area contributed by atoms with E-state index >= 15 is 0 Å². The summed E-state index contributed by atoms with van der Waals surface area (Å²) in [6.07, 6.45) is 1.39. The molecular weight excluding hydrogens is 616 g/mol. The topological polar surface area (TPSA) is 130 Å². The van der Waals surface area contributed by atoms with Crippen molar-refractivity contribution >= 4 is 56.3 Å². The Balaban J connectivity index is 1.77. The number of fused-ring (bicyclic) bond motifs is 8. The molecular formula is C40H42N4O5. The number of ether oxygens (including phenoxy) is 2. The van der Waals surface area contributed by atoms with Gasteiger partial charge < -0.3 is 24.5 Å². The molecule has 6 rings (SSSR count). The van der Waals surface area contributed by atoms with Crippen LogP contribution in [-0.2, 0) is 25.5 Å². The number of rotatable bonds is 7. The SMILES string of the molecule is COC(=O)CCC1=C(C)c2cc3[nH]c(c(C)c3C)c(-c3ccc(O)cc3)c3nc(cc4[nH]c(cc1n2)c(CCC(=O)OC)c4C)C(C)=C3C. The number of phenols is 1. The van der Waals surface area contributed by atoms with Gasteiger partial charge in [-0.1, -0.05) is 12.1 Å². The molecule has 0 spiro atoms. The Hall–Kier alpha value is -5.44. The van der Waals surface area contributed by atoms with Gasteiger partial charge >= 0.3 is 11.9 Å². The lowest BCUT2D eigenvalue weighted by Crippen LogP contribution is -2.02. The summed E-state index contributed by atoms with van der Waals surface area (Å²) in [4.78, 5) is 42.3. The number of carbonyl (C=O) groups excluding carboxylic acids is 2. The number of methoxy groups -OCH3 is 2. The van der Waals surface area contributed by atoms with E-state index in [-0.39, 0.29) is 30.5 Å². The second kappa shape index (κ2) is 13.2. The van der Waals surface area contributed by atoms with E-state index in [2.05, 4.69) is 49.8 Å². The number of allylic oxidation sites excluding steroid dienone is 4. The summed E-state index contributed by atoms with van der Waals surface area (Å²) in [5.74, 6) is -0.375. The second-order valence-electron chi connectivity index (χ2n) is 12.8. The van der Waals surface area contributed by atoms with Gasteiger partial charge in [-0.05, 0) is 135 Å². The summed E-state index contributed by atoms with van der Waals surface area (Å²) in [7, 11) is 2.80. The van der Waals surface area contributed by atoms with Gasteiger partial charge in [-0.25, -0.2) is 9.97 Å². The molecule has 2 aliphatic rings. The molecule has 8 bridgehead atoms. The van der Waals surface area contributed by atoms with E-state index in [0.717, 1.165) is 101 Å². The van der Waals surface area contributed by atoms with Gasteiger partial charge in [0.05, 0.1) is 42.5 Å². The van der Waals surface area contributed by atoms with Crippen molar-refractivity contribution in [2.45, 2.75) is 67.2 Å². The van der Waals surface area contributed by atoms with Crippen molar-refractivity contribution in [2.75, 3.05) is 14.2 Å². The molecule has 0 fully saturated rings. The molecule has 3 N–H and O–H groups in total. The van der Waals surface area contributed by atoms with Crippen LogP contribution >= 0.6 is 0 Å². The number of aromatic hydroxyl groups is 1. The van der Waals surface area contributed by atoms with E-state index in [1.54, 1.807) is 12.1 Å². The van der Waals surface area contributed by atoms with Crippen LogP contribution in [0, 0.1) is 20.8 Å². The number of H-pyrrole nitrogens is 2. The van der Waals surface area contributed by atoms with Crippen LogP contribution in [0.3, 0.4) is 0 Å². The van der Waals surface area contributed by atoms with E-state index in [9.17, 15) is 14.7 Å². The van der Waals surface area contributed by atoms with Crippen molar-refractivity contribution in [1.82, 2.24) is 19.9 Å². The number of aromatic nitrogens is 4. The molecule has 49 heavy (non-hydrogen) atoms. The van der Waals surface area contributed by atoms with E-state index in [0.29, 0.717) is 12.8 Å². The Morgan fingerprint density at radius 3 is 1.92 bits per heavy atom. The molecule has 0 aliphatic carbocycles. The van der Waals surface area contributed by atoms with Crippen LogP contribution in [0.5, 0.6) is 5.75 Å². The van der Waals surface area contributed by atoms with Gasteiger partial charge in [-0.2, -0.15) is 0 Å². The number of hydrogen-bond donors (Lipinski definition) is 3. The maximum absolute atomic E-state index is 12.3. The maximum atomic E-state index is 12.3. The fraction of sp³-hybridized carbons (Fsp3) is 0.300. The molecule has 252 valence electrons. The summed E-state index contributed by atoms with van der Waals surface area (Å²) in [6, 6.07) is 13.4. The molecule has 9 nitrogen and oxygen atoms in total. The number of hydrogen-bond acceptors (Lipinski definition) is 7. The van der Waals surface area contributed by atoms with Gasteiger partial charge in [-0.15, -0.1) is 0 Å². The first-order valence-electron chi connectivity index (χ1n) is 16.5. The Morgan fingerprint density at radius 2 is 1.27 bits per heavy atom. The van der Waals surface area contributed by atoms with Crippen molar-refractivity contribution in [2.24, 2.45) is 0 Å². The van der Waals surface area contributed by atoms with E-state index in [1.807, 2.05) is 32.0 Å². The monoisotopic (exact) mass is 658 g/mol.